The molecule has 104 valence electrons. The first kappa shape index (κ1) is 13.3. The summed E-state index contributed by atoms with van der Waals surface area (Å²) in [6, 6.07) is 13.7. The van der Waals surface area contributed by atoms with E-state index in [9.17, 15) is 0 Å². The normalized spacial score (nSPS) is 16.6. The molecule has 0 radical (unpaired) electrons. The Morgan fingerprint density at radius 3 is 2.65 bits per heavy atom. The van der Waals surface area contributed by atoms with Crippen molar-refractivity contribution in [3.05, 3.63) is 65.5 Å². The van der Waals surface area contributed by atoms with Gasteiger partial charge in [0.1, 0.15) is 0 Å². The van der Waals surface area contributed by atoms with Crippen LogP contribution in [0, 0.1) is 0 Å². The predicted molar refractivity (Wildman–Crippen MR) is 82.8 cm³/mol. The Bertz CT molecular complexity index is 546. The quantitative estimate of drug-likeness (QED) is 0.889. The fourth-order valence-corrected chi connectivity index (χ4v) is 2.91. The summed E-state index contributed by atoms with van der Waals surface area (Å²) in [6.07, 6.45) is 8.85. The summed E-state index contributed by atoms with van der Waals surface area (Å²) in [5.41, 5.74) is 4.24. The van der Waals surface area contributed by atoms with E-state index < -0.39 is 0 Å². The van der Waals surface area contributed by atoms with E-state index in [0.29, 0.717) is 6.04 Å². The van der Waals surface area contributed by atoms with Crippen LogP contribution in [0.2, 0.25) is 0 Å². The number of nitrogens with one attached hydrogen (secondary N) is 1. The largest absolute Gasteiger partial charge is 0.313 e. The highest BCUT2D eigenvalue weighted by atomic mass is 14.9. The van der Waals surface area contributed by atoms with E-state index in [-0.39, 0.29) is 0 Å². The standard InChI is InChI=1S/C18H22N2/c1-19-18(12-14-8-10-20-11-9-14)17-7-3-6-16(13-17)15-4-2-5-15/h3,6-11,13,15,18-19H,2,4-5,12H2,1H3. The van der Waals surface area contributed by atoms with Crippen molar-refractivity contribution in [1.29, 1.82) is 0 Å². The first-order valence-electron chi connectivity index (χ1n) is 7.53. The van der Waals surface area contributed by atoms with Gasteiger partial charge < -0.3 is 5.32 Å². The molecule has 0 saturated heterocycles. The van der Waals surface area contributed by atoms with Gasteiger partial charge in [-0.1, -0.05) is 30.7 Å². The lowest BCUT2D eigenvalue weighted by molar-refractivity contribution is 0.419. The fraction of sp³-hybridized carbons (Fsp3) is 0.389. The number of aromatic nitrogens is 1. The highest BCUT2D eigenvalue weighted by Gasteiger charge is 2.20. The zero-order chi connectivity index (χ0) is 13.8. The number of pyridine rings is 1. The molecule has 1 fully saturated rings. The van der Waals surface area contributed by atoms with Crippen LogP contribution in [0.3, 0.4) is 0 Å². The molecule has 1 aromatic carbocycles. The van der Waals surface area contributed by atoms with Gasteiger partial charge in [-0.3, -0.25) is 4.98 Å². The molecule has 2 aromatic rings. The zero-order valence-electron chi connectivity index (χ0n) is 12.0. The Labute approximate surface area is 121 Å². The molecule has 0 amide bonds. The van der Waals surface area contributed by atoms with Gasteiger partial charge in [-0.25, -0.2) is 0 Å². The molecule has 1 heterocycles. The van der Waals surface area contributed by atoms with E-state index in [4.69, 9.17) is 0 Å². The maximum atomic E-state index is 4.09. The summed E-state index contributed by atoms with van der Waals surface area (Å²) in [5.74, 6) is 0.799. The van der Waals surface area contributed by atoms with E-state index in [1.54, 1.807) is 0 Å². The summed E-state index contributed by atoms with van der Waals surface area (Å²) in [7, 11) is 2.04. The molecule has 20 heavy (non-hydrogen) atoms. The van der Waals surface area contributed by atoms with Crippen LogP contribution in [0.4, 0.5) is 0 Å². The van der Waals surface area contributed by atoms with Crippen LogP contribution in [0.1, 0.15) is 47.9 Å². The van der Waals surface area contributed by atoms with Gasteiger partial charge in [0.05, 0.1) is 0 Å². The first-order valence-corrected chi connectivity index (χ1v) is 7.53. The predicted octanol–water partition coefficient (Wildman–Crippen LogP) is 3.85. The highest BCUT2D eigenvalue weighted by Crippen LogP contribution is 2.37. The molecular formula is C18H22N2. The van der Waals surface area contributed by atoms with Crippen molar-refractivity contribution < 1.29 is 0 Å². The second-order valence-corrected chi connectivity index (χ2v) is 5.70. The molecule has 0 aliphatic heterocycles. The average molecular weight is 266 g/mol. The van der Waals surface area contributed by atoms with E-state index >= 15 is 0 Å². The van der Waals surface area contributed by atoms with Crippen LogP contribution in [0.15, 0.2) is 48.8 Å². The second-order valence-electron chi connectivity index (χ2n) is 5.70. The smallest absolute Gasteiger partial charge is 0.0358 e. The topological polar surface area (TPSA) is 24.9 Å². The van der Waals surface area contributed by atoms with Crippen molar-refractivity contribution in [1.82, 2.24) is 10.3 Å². The van der Waals surface area contributed by atoms with E-state index in [1.807, 2.05) is 19.4 Å². The second kappa shape index (κ2) is 6.19. The van der Waals surface area contributed by atoms with Gasteiger partial charge in [0.2, 0.25) is 0 Å². The minimum absolute atomic E-state index is 0.373. The third-order valence-corrected chi connectivity index (χ3v) is 4.43. The fourth-order valence-electron chi connectivity index (χ4n) is 2.91. The SMILES string of the molecule is CNC(Cc1ccncc1)c1cccc(C2CCC2)c1. The maximum absolute atomic E-state index is 4.09. The summed E-state index contributed by atoms with van der Waals surface area (Å²) < 4.78 is 0. The number of hydrogen-bond acceptors (Lipinski definition) is 2. The van der Waals surface area contributed by atoms with Crippen LogP contribution < -0.4 is 5.32 Å². The molecule has 1 saturated carbocycles. The molecule has 0 bridgehead atoms. The summed E-state index contributed by atoms with van der Waals surface area (Å²) in [6.45, 7) is 0. The molecule has 1 atom stereocenters. The third-order valence-electron chi connectivity index (χ3n) is 4.43. The maximum Gasteiger partial charge on any atom is 0.0358 e. The zero-order valence-corrected chi connectivity index (χ0v) is 12.0. The van der Waals surface area contributed by atoms with Gasteiger partial charge in [-0.05, 0) is 61.1 Å². The lowest BCUT2D eigenvalue weighted by Crippen LogP contribution is -2.19. The van der Waals surface area contributed by atoms with Gasteiger partial charge in [0.15, 0.2) is 0 Å². The average Bonchev–Trinajstić information content (AvgIpc) is 2.44. The highest BCUT2D eigenvalue weighted by molar-refractivity contribution is 5.30. The van der Waals surface area contributed by atoms with Crippen LogP contribution in [0.5, 0.6) is 0 Å². The molecule has 2 heteroatoms. The molecular weight excluding hydrogens is 244 g/mol. The van der Waals surface area contributed by atoms with Gasteiger partial charge in [0.25, 0.3) is 0 Å². The van der Waals surface area contributed by atoms with Gasteiger partial charge >= 0.3 is 0 Å². The van der Waals surface area contributed by atoms with Crippen molar-refractivity contribution >= 4 is 0 Å². The Hall–Kier alpha value is -1.67. The van der Waals surface area contributed by atoms with Gasteiger partial charge in [0, 0.05) is 18.4 Å². The third kappa shape index (κ3) is 2.91. The Morgan fingerprint density at radius 1 is 1.20 bits per heavy atom. The van der Waals surface area contributed by atoms with E-state index in [2.05, 4.69) is 46.7 Å². The molecule has 1 N–H and O–H groups in total. The Morgan fingerprint density at radius 2 is 2.00 bits per heavy atom. The molecule has 1 aromatic heterocycles. The Kier molecular flexibility index (Phi) is 4.12. The van der Waals surface area contributed by atoms with Crippen molar-refractivity contribution in [2.45, 2.75) is 37.6 Å². The summed E-state index contributed by atoms with van der Waals surface area (Å²) >= 11 is 0. The van der Waals surface area contributed by atoms with E-state index in [1.165, 1.54) is 36.0 Å². The number of likely N-dealkylation sites (N-methyl/N-ethyl adjacent to an activating group) is 1. The first-order chi connectivity index (χ1) is 9.86. The van der Waals surface area contributed by atoms with Gasteiger partial charge in [-0.2, -0.15) is 0 Å². The van der Waals surface area contributed by atoms with E-state index in [0.717, 1.165) is 12.3 Å². The molecule has 3 rings (SSSR count). The number of rotatable bonds is 5. The summed E-state index contributed by atoms with van der Waals surface area (Å²) in [4.78, 5) is 4.09. The minimum atomic E-state index is 0.373. The van der Waals surface area contributed by atoms with Crippen LogP contribution >= 0.6 is 0 Å². The number of hydrogen-bond donors (Lipinski definition) is 1. The lowest BCUT2D eigenvalue weighted by atomic mass is 9.79. The number of nitrogens with zero attached hydrogens (tertiary/aromatic N) is 1. The molecule has 1 unspecified atom stereocenters. The Balaban J connectivity index is 1.78. The molecule has 0 spiro atoms. The van der Waals surface area contributed by atoms with Crippen molar-refractivity contribution in [2.24, 2.45) is 0 Å². The van der Waals surface area contributed by atoms with Crippen molar-refractivity contribution in [3.8, 4) is 0 Å². The van der Waals surface area contributed by atoms with Crippen LogP contribution in [0.25, 0.3) is 0 Å². The summed E-state index contributed by atoms with van der Waals surface area (Å²) in [5, 5.41) is 3.45. The van der Waals surface area contributed by atoms with Crippen LogP contribution in [-0.4, -0.2) is 12.0 Å². The van der Waals surface area contributed by atoms with Gasteiger partial charge in [-0.15, -0.1) is 0 Å². The molecule has 2 nitrogen and oxygen atoms in total. The molecule has 1 aliphatic rings. The monoisotopic (exact) mass is 266 g/mol. The number of benzene rings is 1. The van der Waals surface area contributed by atoms with Crippen LogP contribution in [-0.2, 0) is 6.42 Å². The molecule has 1 aliphatic carbocycles. The van der Waals surface area contributed by atoms with Crippen molar-refractivity contribution in [2.75, 3.05) is 7.05 Å². The lowest BCUT2D eigenvalue weighted by Gasteiger charge is -2.27. The van der Waals surface area contributed by atoms with Crippen molar-refractivity contribution in [3.63, 3.8) is 0 Å². The minimum Gasteiger partial charge on any atom is -0.313 e.